The van der Waals surface area contributed by atoms with E-state index in [0.717, 1.165) is 19.3 Å². The van der Waals surface area contributed by atoms with Crippen molar-refractivity contribution in [2.24, 2.45) is 5.92 Å². The van der Waals surface area contributed by atoms with E-state index in [-0.39, 0.29) is 21.9 Å². The number of carbonyl (C=O) groups excluding carboxylic acids is 1. The lowest BCUT2D eigenvalue weighted by Gasteiger charge is -2.15. The maximum absolute atomic E-state index is 13.5. The van der Waals surface area contributed by atoms with Crippen LogP contribution in [0.5, 0.6) is 0 Å². The van der Waals surface area contributed by atoms with Crippen molar-refractivity contribution in [1.29, 1.82) is 0 Å². The molecule has 1 aliphatic rings. The molecule has 0 bridgehead atoms. The van der Waals surface area contributed by atoms with Gasteiger partial charge in [-0.25, -0.2) is 4.39 Å². The van der Waals surface area contributed by atoms with Crippen LogP contribution >= 0.6 is 23.2 Å². The lowest BCUT2D eigenvalue weighted by molar-refractivity contribution is 0.0944. The van der Waals surface area contributed by atoms with Crippen LogP contribution in [0.25, 0.3) is 0 Å². The zero-order chi connectivity index (χ0) is 13.1. The summed E-state index contributed by atoms with van der Waals surface area (Å²) in [5, 5.41) is 2.93. The van der Waals surface area contributed by atoms with E-state index in [0.29, 0.717) is 6.54 Å². The Labute approximate surface area is 115 Å². The molecule has 1 fully saturated rings. The minimum absolute atomic E-state index is 0.0942. The molecule has 0 spiro atoms. The summed E-state index contributed by atoms with van der Waals surface area (Å²) in [6.45, 7) is 0.470. The van der Waals surface area contributed by atoms with Crippen molar-refractivity contribution in [3.63, 3.8) is 0 Å². The average molecular weight is 290 g/mol. The van der Waals surface area contributed by atoms with Crippen molar-refractivity contribution < 1.29 is 9.18 Å². The highest BCUT2D eigenvalue weighted by Crippen LogP contribution is 2.29. The lowest BCUT2D eigenvalue weighted by atomic mass is 10.1. The highest BCUT2D eigenvalue weighted by Gasteiger charge is 2.26. The number of alkyl halides is 1. The first-order chi connectivity index (χ1) is 8.59. The van der Waals surface area contributed by atoms with E-state index < -0.39 is 11.7 Å². The monoisotopic (exact) mass is 289 g/mol. The molecule has 0 aliphatic heterocycles. The SMILES string of the molecule is O=C(NCC1CCCC1Cl)c1c(F)cccc1Cl. The summed E-state index contributed by atoms with van der Waals surface area (Å²) in [6, 6.07) is 4.19. The van der Waals surface area contributed by atoms with E-state index in [2.05, 4.69) is 5.32 Å². The molecule has 18 heavy (non-hydrogen) atoms. The number of hydrogen-bond acceptors (Lipinski definition) is 1. The minimum atomic E-state index is -0.603. The standard InChI is InChI=1S/C13H14Cl2FNO/c14-9-4-1-3-8(9)7-17-13(18)12-10(15)5-2-6-11(12)16/h2,5-6,8-9H,1,3-4,7H2,(H,17,18). The van der Waals surface area contributed by atoms with Crippen LogP contribution in [0.2, 0.25) is 5.02 Å². The van der Waals surface area contributed by atoms with Crippen LogP contribution in [0.1, 0.15) is 29.6 Å². The van der Waals surface area contributed by atoms with Crippen LogP contribution < -0.4 is 5.32 Å². The fourth-order valence-electron chi connectivity index (χ4n) is 2.25. The third-order valence-electron chi connectivity index (χ3n) is 3.28. The van der Waals surface area contributed by atoms with Gasteiger partial charge in [0.1, 0.15) is 5.82 Å². The molecule has 0 aromatic heterocycles. The van der Waals surface area contributed by atoms with Crippen LogP contribution in [0, 0.1) is 11.7 Å². The molecule has 0 saturated heterocycles. The quantitative estimate of drug-likeness (QED) is 0.846. The Morgan fingerprint density at radius 3 is 2.83 bits per heavy atom. The lowest BCUT2D eigenvalue weighted by Crippen LogP contribution is -2.31. The van der Waals surface area contributed by atoms with E-state index in [1.165, 1.54) is 18.2 Å². The summed E-state index contributed by atoms with van der Waals surface area (Å²) >= 11 is 11.9. The third kappa shape index (κ3) is 2.96. The first-order valence-electron chi connectivity index (χ1n) is 5.96. The summed E-state index contributed by atoms with van der Waals surface area (Å²) in [5.74, 6) is -0.816. The first kappa shape index (κ1) is 13.6. The number of nitrogens with one attached hydrogen (secondary N) is 1. The Kier molecular flexibility index (Phi) is 4.46. The molecule has 0 heterocycles. The molecule has 1 N–H and O–H groups in total. The number of hydrogen-bond donors (Lipinski definition) is 1. The van der Waals surface area contributed by atoms with Crippen molar-refractivity contribution in [2.75, 3.05) is 6.54 Å². The van der Waals surface area contributed by atoms with Gasteiger partial charge in [0.25, 0.3) is 5.91 Å². The number of carbonyl (C=O) groups is 1. The van der Waals surface area contributed by atoms with Crippen LogP contribution in [0.3, 0.4) is 0 Å². The van der Waals surface area contributed by atoms with E-state index in [9.17, 15) is 9.18 Å². The molecule has 1 aromatic carbocycles. The molecule has 5 heteroatoms. The van der Waals surface area contributed by atoms with Gasteiger partial charge in [0.05, 0.1) is 10.6 Å². The number of amides is 1. The van der Waals surface area contributed by atoms with Gasteiger partial charge in [-0.15, -0.1) is 11.6 Å². The first-order valence-corrected chi connectivity index (χ1v) is 6.77. The molecule has 2 nitrogen and oxygen atoms in total. The fraction of sp³-hybridized carbons (Fsp3) is 0.462. The Hall–Kier alpha value is -0.800. The number of benzene rings is 1. The summed E-state index contributed by atoms with van der Waals surface area (Å²) in [4.78, 5) is 11.9. The molecule has 0 radical (unpaired) electrons. The molecule has 1 amide bonds. The highest BCUT2D eigenvalue weighted by molar-refractivity contribution is 6.33. The van der Waals surface area contributed by atoms with Gasteiger partial charge in [-0.3, -0.25) is 4.79 Å². The number of rotatable bonds is 3. The van der Waals surface area contributed by atoms with E-state index in [1.54, 1.807) is 0 Å². The second-order valence-electron chi connectivity index (χ2n) is 4.51. The molecule has 2 unspecified atom stereocenters. The summed E-state index contributed by atoms with van der Waals surface area (Å²) < 4.78 is 13.5. The molecule has 1 saturated carbocycles. The Balaban J connectivity index is 1.99. The van der Waals surface area contributed by atoms with Crippen LogP contribution in [-0.4, -0.2) is 17.8 Å². The Morgan fingerprint density at radius 2 is 2.22 bits per heavy atom. The Bertz CT molecular complexity index is 432. The van der Waals surface area contributed by atoms with Gasteiger partial charge in [0.15, 0.2) is 0 Å². The molecule has 1 aliphatic carbocycles. The van der Waals surface area contributed by atoms with Crippen LogP contribution in [-0.2, 0) is 0 Å². The fourth-order valence-corrected chi connectivity index (χ4v) is 2.87. The maximum atomic E-state index is 13.5. The molecule has 2 rings (SSSR count). The number of halogens is 3. The minimum Gasteiger partial charge on any atom is -0.352 e. The largest absolute Gasteiger partial charge is 0.352 e. The Morgan fingerprint density at radius 1 is 1.44 bits per heavy atom. The third-order valence-corrected chi connectivity index (χ3v) is 4.17. The second kappa shape index (κ2) is 5.89. The van der Waals surface area contributed by atoms with Crippen molar-refractivity contribution in [2.45, 2.75) is 24.6 Å². The predicted molar refractivity (Wildman–Crippen MR) is 70.7 cm³/mol. The molecular formula is C13H14Cl2FNO. The molecule has 2 atom stereocenters. The van der Waals surface area contributed by atoms with Gasteiger partial charge in [-0.2, -0.15) is 0 Å². The summed E-state index contributed by atoms with van der Waals surface area (Å²) in [7, 11) is 0. The predicted octanol–water partition coefficient (Wildman–Crippen LogP) is 3.62. The van der Waals surface area contributed by atoms with Gasteiger partial charge in [-0.1, -0.05) is 24.1 Å². The maximum Gasteiger partial charge on any atom is 0.255 e. The topological polar surface area (TPSA) is 29.1 Å². The molecule has 98 valence electrons. The van der Waals surface area contributed by atoms with Crippen molar-refractivity contribution in [3.8, 4) is 0 Å². The van der Waals surface area contributed by atoms with Crippen LogP contribution in [0.15, 0.2) is 18.2 Å². The van der Waals surface area contributed by atoms with Crippen molar-refractivity contribution in [3.05, 3.63) is 34.6 Å². The zero-order valence-corrected chi connectivity index (χ0v) is 11.3. The van der Waals surface area contributed by atoms with Crippen LogP contribution in [0.4, 0.5) is 4.39 Å². The van der Waals surface area contributed by atoms with E-state index >= 15 is 0 Å². The van der Waals surface area contributed by atoms with Gasteiger partial charge in [0.2, 0.25) is 0 Å². The highest BCUT2D eigenvalue weighted by atomic mass is 35.5. The normalized spacial score (nSPS) is 23.1. The van der Waals surface area contributed by atoms with Gasteiger partial charge < -0.3 is 5.32 Å². The molecular weight excluding hydrogens is 276 g/mol. The average Bonchev–Trinajstić information content (AvgIpc) is 2.72. The van der Waals surface area contributed by atoms with Gasteiger partial charge in [0, 0.05) is 11.9 Å². The van der Waals surface area contributed by atoms with E-state index in [4.69, 9.17) is 23.2 Å². The van der Waals surface area contributed by atoms with Crippen molar-refractivity contribution in [1.82, 2.24) is 5.32 Å². The summed E-state index contributed by atoms with van der Waals surface area (Å²) in [5.41, 5.74) is -0.0942. The molecule has 1 aromatic rings. The summed E-state index contributed by atoms with van der Waals surface area (Å²) in [6.07, 6.45) is 3.05. The zero-order valence-electron chi connectivity index (χ0n) is 9.76. The van der Waals surface area contributed by atoms with Gasteiger partial charge >= 0.3 is 0 Å². The smallest absolute Gasteiger partial charge is 0.255 e. The van der Waals surface area contributed by atoms with Gasteiger partial charge in [-0.05, 0) is 30.9 Å². The van der Waals surface area contributed by atoms with Crippen molar-refractivity contribution >= 4 is 29.1 Å². The van der Waals surface area contributed by atoms with E-state index in [1.807, 2.05) is 0 Å². The second-order valence-corrected chi connectivity index (χ2v) is 5.48.